The maximum atomic E-state index is 10.6. The largest absolute Gasteiger partial charge is 0.490 e. The summed E-state index contributed by atoms with van der Waals surface area (Å²) in [5, 5.41) is 23.3. The Bertz CT molecular complexity index is 1080. The molecule has 0 saturated carbocycles. The third-order valence-corrected chi connectivity index (χ3v) is 4.76. The summed E-state index contributed by atoms with van der Waals surface area (Å²) >= 11 is 0. The number of nitriles is 1. The van der Waals surface area contributed by atoms with Crippen LogP contribution in [0.5, 0.6) is 0 Å². The van der Waals surface area contributed by atoms with Crippen LogP contribution >= 0.6 is 0 Å². The summed E-state index contributed by atoms with van der Waals surface area (Å²) in [4.78, 5) is 27.1. The van der Waals surface area contributed by atoms with Crippen molar-refractivity contribution in [3.05, 3.63) is 59.3 Å². The van der Waals surface area contributed by atoms with Gasteiger partial charge in [0.25, 0.3) is 0 Å². The van der Waals surface area contributed by atoms with Gasteiger partial charge in [0.15, 0.2) is 0 Å². The lowest BCUT2D eigenvalue weighted by molar-refractivity contribution is -0.193. The molecule has 0 radical (unpaired) electrons. The van der Waals surface area contributed by atoms with E-state index in [4.69, 9.17) is 29.8 Å². The maximum Gasteiger partial charge on any atom is 0.490 e. The topological polar surface area (TPSA) is 127 Å². The van der Waals surface area contributed by atoms with Crippen molar-refractivity contribution in [1.82, 2.24) is 9.88 Å². The third-order valence-electron chi connectivity index (χ3n) is 4.76. The lowest BCUT2D eigenvalue weighted by atomic mass is 10.1. The zero-order valence-electron chi connectivity index (χ0n) is 20.0. The second-order valence-corrected chi connectivity index (χ2v) is 7.59. The van der Waals surface area contributed by atoms with Crippen LogP contribution in [0.4, 0.5) is 32.2 Å². The van der Waals surface area contributed by atoms with Crippen LogP contribution in [0.25, 0.3) is 0 Å². The Kier molecular flexibility index (Phi) is 12.5. The Morgan fingerprint density at radius 1 is 1.05 bits per heavy atom. The fourth-order valence-electron chi connectivity index (χ4n) is 3.08. The lowest BCUT2D eigenvalue weighted by Gasteiger charge is -2.23. The van der Waals surface area contributed by atoms with E-state index in [-0.39, 0.29) is 0 Å². The summed E-state index contributed by atoms with van der Waals surface area (Å²) in [6.45, 7) is 5.12. The fourth-order valence-corrected chi connectivity index (χ4v) is 3.08. The van der Waals surface area contributed by atoms with Gasteiger partial charge in [0, 0.05) is 51.6 Å². The predicted molar refractivity (Wildman–Crippen MR) is 121 cm³/mol. The van der Waals surface area contributed by atoms with Gasteiger partial charge in [-0.15, -0.1) is 0 Å². The van der Waals surface area contributed by atoms with Crippen molar-refractivity contribution >= 4 is 17.8 Å². The van der Waals surface area contributed by atoms with E-state index in [2.05, 4.69) is 33.0 Å². The molecular weight excluding hydrogens is 526 g/mol. The van der Waals surface area contributed by atoms with Crippen molar-refractivity contribution in [2.24, 2.45) is 0 Å². The van der Waals surface area contributed by atoms with Crippen molar-refractivity contribution in [3.63, 3.8) is 0 Å². The highest BCUT2D eigenvalue weighted by Crippen LogP contribution is 2.23. The van der Waals surface area contributed by atoms with E-state index in [0.717, 1.165) is 38.5 Å². The highest BCUT2D eigenvalue weighted by Gasteiger charge is 2.38. The van der Waals surface area contributed by atoms with Crippen LogP contribution in [0, 0.1) is 11.3 Å². The van der Waals surface area contributed by atoms with Crippen LogP contribution in [0.2, 0.25) is 0 Å². The average molecular weight is 550 g/mol. The number of alkyl halides is 6. The second-order valence-electron chi connectivity index (χ2n) is 7.59. The number of nitrogens with zero attached hydrogens (tertiary/aromatic N) is 4. The number of benzene rings is 1. The molecule has 208 valence electrons. The monoisotopic (exact) mass is 550 g/mol. The number of ether oxygens (including phenoxy) is 1. The van der Waals surface area contributed by atoms with E-state index in [1.54, 1.807) is 7.11 Å². The van der Waals surface area contributed by atoms with Gasteiger partial charge in [0.05, 0.1) is 18.2 Å². The second kappa shape index (κ2) is 14.7. The Morgan fingerprint density at radius 3 is 2.18 bits per heavy atom. The Balaban J connectivity index is 0.000000426. The van der Waals surface area contributed by atoms with Crippen LogP contribution in [0.1, 0.15) is 16.7 Å². The van der Waals surface area contributed by atoms with E-state index in [9.17, 15) is 26.3 Å². The molecule has 1 aromatic carbocycles. The van der Waals surface area contributed by atoms with Crippen molar-refractivity contribution in [3.8, 4) is 6.07 Å². The van der Waals surface area contributed by atoms with Crippen LogP contribution in [-0.4, -0.2) is 77.7 Å². The van der Waals surface area contributed by atoms with Crippen LogP contribution in [0.15, 0.2) is 42.6 Å². The first-order valence-corrected chi connectivity index (χ1v) is 10.7. The van der Waals surface area contributed by atoms with Gasteiger partial charge in [-0.05, 0) is 23.8 Å². The first-order valence-electron chi connectivity index (χ1n) is 10.7. The van der Waals surface area contributed by atoms with E-state index in [0.29, 0.717) is 12.2 Å². The molecule has 2 aromatic rings. The van der Waals surface area contributed by atoms with E-state index < -0.39 is 24.3 Å². The summed E-state index contributed by atoms with van der Waals surface area (Å²) in [6, 6.07) is 14.2. The van der Waals surface area contributed by atoms with Crippen molar-refractivity contribution in [1.29, 1.82) is 5.26 Å². The summed E-state index contributed by atoms with van der Waals surface area (Å²) in [5.41, 5.74) is 3.12. The molecule has 0 fully saturated rings. The lowest BCUT2D eigenvalue weighted by Crippen LogP contribution is -2.33. The van der Waals surface area contributed by atoms with Gasteiger partial charge in [-0.25, -0.2) is 14.6 Å². The summed E-state index contributed by atoms with van der Waals surface area (Å²) in [5.74, 6) is -4.46. The summed E-state index contributed by atoms with van der Waals surface area (Å²) in [7, 11) is 1.73. The normalized spacial score (nSPS) is 13.5. The molecule has 0 aliphatic carbocycles. The van der Waals surface area contributed by atoms with Gasteiger partial charge in [-0.2, -0.15) is 31.6 Å². The average Bonchev–Trinajstić information content (AvgIpc) is 3.01. The first kappa shape index (κ1) is 32.1. The number of methoxy groups -OCH3 is 1. The van der Waals surface area contributed by atoms with Gasteiger partial charge >= 0.3 is 24.3 Å². The van der Waals surface area contributed by atoms with Gasteiger partial charge in [-0.3, -0.25) is 4.90 Å². The predicted octanol–water partition coefficient (Wildman–Crippen LogP) is 3.69. The molecule has 2 heterocycles. The molecular formula is C23H24F6N4O5. The zero-order chi connectivity index (χ0) is 28.9. The molecule has 0 atom stereocenters. The number of aliphatic carboxylic acids is 2. The highest BCUT2D eigenvalue weighted by atomic mass is 19.4. The number of hydrogen-bond donors (Lipinski definition) is 2. The molecule has 2 N–H and O–H groups in total. The van der Waals surface area contributed by atoms with Crippen LogP contribution in [0.3, 0.4) is 0 Å². The number of fused-ring (bicyclic) bond motifs is 1. The molecule has 9 nitrogen and oxygen atoms in total. The first-order chi connectivity index (χ1) is 17.7. The standard InChI is InChI=1S/C19H22N4O.2C2HF3O2/c1-24-11-10-23-9-8-22(15-18-6-3-7-21-19(18)23)14-17-5-2-4-16(12-17)13-20;2*3-2(4,5)1(6)7/h2-7,12H,8-11,14-15H2,1H3;2*(H,6,7). The minimum atomic E-state index is -5.08. The molecule has 1 aromatic heterocycles. The SMILES string of the molecule is COCCN1CCN(Cc2cccc(C#N)c2)Cc2cccnc21.O=C(O)C(F)(F)F.O=C(O)C(F)(F)F. The number of carboxylic acids is 2. The van der Waals surface area contributed by atoms with Gasteiger partial charge in [0.2, 0.25) is 0 Å². The molecule has 0 saturated heterocycles. The molecule has 0 unspecified atom stereocenters. The third kappa shape index (κ3) is 11.4. The van der Waals surface area contributed by atoms with Crippen molar-refractivity contribution < 1.29 is 50.9 Å². The van der Waals surface area contributed by atoms with Gasteiger partial charge in [-0.1, -0.05) is 18.2 Å². The molecule has 38 heavy (non-hydrogen) atoms. The quantitative estimate of drug-likeness (QED) is 0.536. The smallest absolute Gasteiger partial charge is 0.475 e. The summed E-state index contributed by atoms with van der Waals surface area (Å²) in [6.07, 6.45) is -8.31. The van der Waals surface area contributed by atoms with E-state index >= 15 is 0 Å². The summed E-state index contributed by atoms with van der Waals surface area (Å²) < 4.78 is 68.7. The highest BCUT2D eigenvalue weighted by molar-refractivity contribution is 5.73. The van der Waals surface area contributed by atoms with Gasteiger partial charge in [0.1, 0.15) is 5.82 Å². The minimum Gasteiger partial charge on any atom is -0.475 e. The molecule has 3 rings (SSSR count). The van der Waals surface area contributed by atoms with Crippen LogP contribution in [-0.2, 0) is 27.4 Å². The molecule has 0 spiro atoms. The number of aromatic nitrogens is 1. The van der Waals surface area contributed by atoms with Crippen molar-refractivity contribution in [2.75, 3.05) is 38.3 Å². The van der Waals surface area contributed by atoms with Crippen molar-refractivity contribution in [2.45, 2.75) is 25.4 Å². The number of anilines is 1. The number of carbonyl (C=O) groups is 2. The van der Waals surface area contributed by atoms with E-state index in [1.165, 1.54) is 11.1 Å². The molecule has 1 aliphatic heterocycles. The molecule has 0 amide bonds. The number of rotatable bonds is 5. The number of pyridine rings is 1. The minimum absolute atomic E-state index is 0.695. The molecule has 15 heteroatoms. The molecule has 1 aliphatic rings. The Morgan fingerprint density at radius 2 is 1.66 bits per heavy atom. The van der Waals surface area contributed by atoms with E-state index in [1.807, 2.05) is 30.5 Å². The zero-order valence-corrected chi connectivity index (χ0v) is 20.0. The number of hydrogen-bond acceptors (Lipinski definition) is 7. The number of halogens is 6. The fraction of sp³-hybridized carbons (Fsp3) is 0.391. The number of carboxylic acid groups (broad SMARTS) is 2. The van der Waals surface area contributed by atoms with Crippen LogP contribution < -0.4 is 4.90 Å². The Labute approximate surface area is 213 Å². The molecule has 0 bridgehead atoms. The van der Waals surface area contributed by atoms with Gasteiger partial charge < -0.3 is 19.8 Å². The maximum absolute atomic E-state index is 10.6. The Hall–Kier alpha value is -3.90.